The number of carbonyl (C=O) groups is 1. The van der Waals surface area contributed by atoms with Gasteiger partial charge in [0.2, 0.25) is 5.91 Å². The van der Waals surface area contributed by atoms with Crippen LogP contribution in [0.4, 0.5) is 5.82 Å². The van der Waals surface area contributed by atoms with Crippen LogP contribution in [0.1, 0.15) is 0 Å². The Morgan fingerprint density at radius 3 is 2.59 bits per heavy atom. The smallest absolute Gasteiger partial charge is 0.261 e. The number of anilines is 1. The topological polar surface area (TPSA) is 110 Å². The van der Waals surface area contributed by atoms with Crippen molar-refractivity contribution < 1.29 is 9.53 Å². The Hall–Kier alpha value is -2.97. The fourth-order valence-electron chi connectivity index (χ4n) is 2.50. The summed E-state index contributed by atoms with van der Waals surface area (Å²) in [5.41, 5.74) is 6.62. The maximum absolute atomic E-state index is 12.4. The molecule has 0 aliphatic rings. The van der Waals surface area contributed by atoms with Crippen LogP contribution in [0.3, 0.4) is 0 Å². The van der Waals surface area contributed by atoms with E-state index in [9.17, 15) is 9.59 Å². The quantitative estimate of drug-likeness (QED) is 0.288. The summed E-state index contributed by atoms with van der Waals surface area (Å²) < 4.78 is 5.50. The highest BCUT2D eigenvalue weighted by atomic mass is 35.5. The molecule has 29 heavy (non-hydrogen) atoms. The molecule has 0 aliphatic heterocycles. The minimum Gasteiger partial charge on any atom is -0.492 e. The van der Waals surface area contributed by atoms with Crippen LogP contribution in [0.25, 0.3) is 11.1 Å². The summed E-state index contributed by atoms with van der Waals surface area (Å²) in [6.45, 7) is 0.674. The summed E-state index contributed by atoms with van der Waals surface area (Å²) in [5.74, 6) is 0.685. The lowest BCUT2D eigenvalue weighted by molar-refractivity contribution is -0.118. The number of nitrogens with one attached hydrogen (secondary N) is 2. The zero-order valence-corrected chi connectivity index (χ0v) is 16.9. The van der Waals surface area contributed by atoms with Crippen LogP contribution in [0.2, 0.25) is 5.02 Å². The molecule has 1 aromatic heterocycles. The molecule has 0 unspecified atom stereocenters. The zero-order chi connectivity index (χ0) is 20.6. The average molecular weight is 431 g/mol. The fraction of sp³-hybridized carbons (Fsp3) is 0.150. The Balaban J connectivity index is 1.47. The van der Waals surface area contributed by atoms with Crippen LogP contribution in [-0.2, 0) is 4.79 Å². The number of nitrogens with zero attached hydrogens (tertiary/aromatic N) is 1. The van der Waals surface area contributed by atoms with Crippen molar-refractivity contribution >= 4 is 35.1 Å². The number of amides is 1. The number of hydrogen-bond donors (Lipinski definition) is 3. The standard InChI is InChI=1S/C20H19ClN4O3S/c21-14-6-8-15(9-7-14)28-11-10-23-16(26)12-29-20-24-18(22)17(19(27)25-20)13-4-2-1-3-5-13/h1-9H,10-12H2,(H,23,26)(H3,22,24,25,27). The second-order valence-corrected chi connectivity index (χ2v) is 7.34. The van der Waals surface area contributed by atoms with Gasteiger partial charge in [0.25, 0.3) is 5.56 Å². The summed E-state index contributed by atoms with van der Waals surface area (Å²) in [5, 5.41) is 3.66. The highest BCUT2D eigenvalue weighted by Crippen LogP contribution is 2.22. The molecule has 4 N–H and O–H groups in total. The van der Waals surface area contributed by atoms with E-state index in [2.05, 4.69) is 15.3 Å². The van der Waals surface area contributed by atoms with E-state index in [0.717, 1.165) is 11.8 Å². The molecule has 0 bridgehead atoms. The van der Waals surface area contributed by atoms with Crippen molar-refractivity contribution in [3.8, 4) is 16.9 Å². The van der Waals surface area contributed by atoms with Gasteiger partial charge in [-0.3, -0.25) is 9.59 Å². The largest absolute Gasteiger partial charge is 0.492 e. The number of halogens is 1. The first-order valence-corrected chi connectivity index (χ1v) is 10.1. The van der Waals surface area contributed by atoms with Crippen molar-refractivity contribution in [2.75, 3.05) is 24.6 Å². The van der Waals surface area contributed by atoms with Gasteiger partial charge in [0.1, 0.15) is 18.2 Å². The molecule has 3 rings (SSSR count). The van der Waals surface area contributed by atoms with Gasteiger partial charge in [-0.1, -0.05) is 53.7 Å². The Bertz CT molecular complexity index is 1030. The van der Waals surface area contributed by atoms with Gasteiger partial charge in [-0.25, -0.2) is 4.98 Å². The van der Waals surface area contributed by atoms with E-state index in [1.54, 1.807) is 36.4 Å². The lowest BCUT2D eigenvalue weighted by Crippen LogP contribution is -2.29. The maximum atomic E-state index is 12.4. The van der Waals surface area contributed by atoms with Gasteiger partial charge in [-0.15, -0.1) is 0 Å². The Morgan fingerprint density at radius 1 is 1.17 bits per heavy atom. The molecule has 0 spiro atoms. The van der Waals surface area contributed by atoms with Gasteiger partial charge in [0, 0.05) is 5.02 Å². The van der Waals surface area contributed by atoms with E-state index in [-0.39, 0.29) is 23.0 Å². The van der Waals surface area contributed by atoms with Gasteiger partial charge >= 0.3 is 0 Å². The molecular weight excluding hydrogens is 412 g/mol. The highest BCUT2D eigenvalue weighted by Gasteiger charge is 2.12. The molecule has 0 saturated heterocycles. The summed E-state index contributed by atoms with van der Waals surface area (Å²) in [4.78, 5) is 31.2. The average Bonchev–Trinajstić information content (AvgIpc) is 2.71. The number of benzene rings is 2. The summed E-state index contributed by atoms with van der Waals surface area (Å²) >= 11 is 6.91. The van der Waals surface area contributed by atoms with Crippen molar-refractivity contribution in [2.24, 2.45) is 0 Å². The molecular formula is C20H19ClN4O3S. The van der Waals surface area contributed by atoms with Crippen LogP contribution in [-0.4, -0.2) is 34.8 Å². The van der Waals surface area contributed by atoms with Gasteiger partial charge in [-0.05, 0) is 29.8 Å². The predicted molar refractivity (Wildman–Crippen MR) is 115 cm³/mol. The van der Waals surface area contributed by atoms with Gasteiger partial charge in [0.15, 0.2) is 5.16 Å². The van der Waals surface area contributed by atoms with Crippen LogP contribution in [0.5, 0.6) is 5.75 Å². The van der Waals surface area contributed by atoms with E-state index in [4.69, 9.17) is 22.1 Å². The van der Waals surface area contributed by atoms with Gasteiger partial charge in [-0.2, -0.15) is 0 Å². The molecule has 0 fully saturated rings. The lowest BCUT2D eigenvalue weighted by atomic mass is 10.1. The molecule has 0 radical (unpaired) electrons. The molecule has 7 nitrogen and oxygen atoms in total. The predicted octanol–water partition coefficient (Wildman–Crippen LogP) is 2.96. The Labute approximate surface area is 176 Å². The normalized spacial score (nSPS) is 10.5. The summed E-state index contributed by atoms with van der Waals surface area (Å²) in [6.07, 6.45) is 0. The Morgan fingerprint density at radius 2 is 1.90 bits per heavy atom. The highest BCUT2D eigenvalue weighted by molar-refractivity contribution is 7.99. The van der Waals surface area contributed by atoms with Crippen molar-refractivity contribution in [2.45, 2.75) is 5.16 Å². The van der Waals surface area contributed by atoms with Crippen LogP contribution in [0, 0.1) is 0 Å². The van der Waals surface area contributed by atoms with Crippen molar-refractivity contribution in [3.63, 3.8) is 0 Å². The van der Waals surface area contributed by atoms with Crippen LogP contribution >= 0.6 is 23.4 Å². The minimum atomic E-state index is -0.344. The van der Waals surface area contributed by atoms with E-state index in [1.807, 2.05) is 18.2 Å². The van der Waals surface area contributed by atoms with Crippen LogP contribution < -0.4 is 21.3 Å². The lowest BCUT2D eigenvalue weighted by Gasteiger charge is -2.08. The number of nitrogens with two attached hydrogens (primary N) is 1. The number of nitrogen functional groups attached to an aromatic ring is 1. The molecule has 2 aromatic carbocycles. The number of aromatic amines is 1. The second kappa shape index (κ2) is 9.99. The second-order valence-electron chi connectivity index (χ2n) is 5.94. The first kappa shape index (κ1) is 20.8. The first-order chi connectivity index (χ1) is 14.0. The number of ether oxygens (including phenoxy) is 1. The minimum absolute atomic E-state index is 0.0913. The van der Waals surface area contributed by atoms with Crippen LogP contribution in [0.15, 0.2) is 64.5 Å². The maximum Gasteiger partial charge on any atom is 0.261 e. The van der Waals surface area contributed by atoms with E-state index in [1.165, 1.54) is 0 Å². The molecule has 3 aromatic rings. The van der Waals surface area contributed by atoms with E-state index < -0.39 is 0 Å². The number of H-pyrrole nitrogens is 1. The fourth-order valence-corrected chi connectivity index (χ4v) is 3.32. The number of carbonyl (C=O) groups excluding carboxylic acids is 1. The molecule has 0 atom stereocenters. The van der Waals surface area contributed by atoms with Crippen molar-refractivity contribution in [1.82, 2.24) is 15.3 Å². The number of aromatic nitrogens is 2. The van der Waals surface area contributed by atoms with E-state index in [0.29, 0.717) is 40.2 Å². The van der Waals surface area contributed by atoms with Gasteiger partial charge < -0.3 is 20.8 Å². The summed E-state index contributed by atoms with van der Waals surface area (Å²) in [7, 11) is 0. The Kier molecular flexibility index (Phi) is 7.15. The molecule has 1 amide bonds. The molecule has 150 valence electrons. The third-order valence-corrected chi connectivity index (χ3v) is 4.96. The zero-order valence-electron chi connectivity index (χ0n) is 15.4. The number of hydrogen-bond acceptors (Lipinski definition) is 6. The summed E-state index contributed by atoms with van der Waals surface area (Å²) in [6, 6.07) is 16.0. The SMILES string of the molecule is Nc1nc(SCC(=O)NCCOc2ccc(Cl)cc2)[nH]c(=O)c1-c1ccccc1. The van der Waals surface area contributed by atoms with Crippen molar-refractivity contribution in [1.29, 1.82) is 0 Å². The number of thioether (sulfide) groups is 1. The monoisotopic (exact) mass is 430 g/mol. The van der Waals surface area contributed by atoms with E-state index >= 15 is 0 Å². The molecule has 9 heteroatoms. The van der Waals surface area contributed by atoms with Crippen molar-refractivity contribution in [3.05, 3.63) is 70.0 Å². The third-order valence-electron chi connectivity index (χ3n) is 3.83. The first-order valence-electron chi connectivity index (χ1n) is 8.76. The third kappa shape index (κ3) is 6.00. The molecule has 1 heterocycles. The van der Waals surface area contributed by atoms with Gasteiger partial charge in [0.05, 0.1) is 17.9 Å². The number of rotatable bonds is 8. The molecule has 0 aliphatic carbocycles. The molecule has 0 saturated carbocycles.